The van der Waals surface area contributed by atoms with Gasteiger partial charge in [0.1, 0.15) is 13.2 Å². The van der Waals surface area contributed by atoms with Crippen molar-refractivity contribution in [3.05, 3.63) is 18.2 Å². The molecule has 0 bridgehead atoms. The minimum absolute atomic E-state index is 0.00278. The SMILES string of the molecule is CCCCC(CC)C(=O)N(CC)CC(=O)Nc1ccc2c(c1)OCCO2. The number of carbonyl (C=O) groups excluding carboxylic acids is 2. The highest BCUT2D eigenvalue weighted by Crippen LogP contribution is 2.32. The van der Waals surface area contributed by atoms with E-state index in [0.29, 0.717) is 36.9 Å². The monoisotopic (exact) mass is 362 g/mol. The maximum atomic E-state index is 12.7. The van der Waals surface area contributed by atoms with Crippen LogP contribution in [-0.2, 0) is 9.59 Å². The van der Waals surface area contributed by atoms with E-state index in [0.717, 1.165) is 25.7 Å². The van der Waals surface area contributed by atoms with Gasteiger partial charge in [0.05, 0.1) is 6.54 Å². The van der Waals surface area contributed by atoms with Crippen molar-refractivity contribution in [1.29, 1.82) is 0 Å². The van der Waals surface area contributed by atoms with Crippen molar-refractivity contribution < 1.29 is 19.1 Å². The highest BCUT2D eigenvalue weighted by molar-refractivity contribution is 5.95. The van der Waals surface area contributed by atoms with Crippen LogP contribution in [0.1, 0.15) is 46.5 Å². The molecule has 1 aliphatic heterocycles. The van der Waals surface area contributed by atoms with E-state index in [1.807, 2.05) is 13.8 Å². The average molecular weight is 362 g/mol. The standard InChI is InChI=1S/C20H30N2O4/c1-4-7-8-15(5-2)20(24)22(6-3)14-19(23)21-16-9-10-17-18(13-16)26-12-11-25-17/h9-10,13,15H,4-8,11-12,14H2,1-3H3,(H,21,23). The molecule has 1 N–H and O–H groups in total. The van der Waals surface area contributed by atoms with E-state index >= 15 is 0 Å². The number of hydrogen-bond acceptors (Lipinski definition) is 4. The Morgan fingerprint density at radius 1 is 1.15 bits per heavy atom. The van der Waals surface area contributed by atoms with E-state index in [9.17, 15) is 9.59 Å². The lowest BCUT2D eigenvalue weighted by molar-refractivity contribution is -0.138. The second-order valence-corrected chi connectivity index (χ2v) is 6.51. The molecule has 0 aromatic heterocycles. The fourth-order valence-corrected chi connectivity index (χ4v) is 3.05. The van der Waals surface area contributed by atoms with Gasteiger partial charge in [-0.25, -0.2) is 0 Å². The Kier molecular flexibility index (Phi) is 7.75. The van der Waals surface area contributed by atoms with E-state index in [2.05, 4.69) is 12.2 Å². The number of anilines is 1. The van der Waals surface area contributed by atoms with Crippen LogP contribution in [0, 0.1) is 5.92 Å². The summed E-state index contributed by atoms with van der Waals surface area (Å²) in [7, 11) is 0. The quantitative estimate of drug-likeness (QED) is 0.730. The summed E-state index contributed by atoms with van der Waals surface area (Å²) in [6.07, 6.45) is 3.79. The molecule has 1 unspecified atom stereocenters. The summed E-state index contributed by atoms with van der Waals surface area (Å²) in [5.41, 5.74) is 0.640. The van der Waals surface area contributed by atoms with Gasteiger partial charge in [0.25, 0.3) is 0 Å². The molecule has 2 amide bonds. The largest absolute Gasteiger partial charge is 0.486 e. The molecule has 6 nitrogen and oxygen atoms in total. The Morgan fingerprint density at radius 3 is 2.54 bits per heavy atom. The van der Waals surface area contributed by atoms with Crippen LogP contribution in [0.4, 0.5) is 5.69 Å². The van der Waals surface area contributed by atoms with Crippen LogP contribution in [0.2, 0.25) is 0 Å². The van der Waals surface area contributed by atoms with Gasteiger partial charge in [-0.15, -0.1) is 0 Å². The van der Waals surface area contributed by atoms with Crippen LogP contribution >= 0.6 is 0 Å². The van der Waals surface area contributed by atoms with Crippen LogP contribution in [0.5, 0.6) is 11.5 Å². The first-order valence-corrected chi connectivity index (χ1v) is 9.57. The molecule has 0 aliphatic carbocycles. The minimum Gasteiger partial charge on any atom is -0.486 e. The maximum Gasteiger partial charge on any atom is 0.243 e. The van der Waals surface area contributed by atoms with Crippen molar-refractivity contribution in [3.63, 3.8) is 0 Å². The summed E-state index contributed by atoms with van der Waals surface area (Å²) in [6.45, 7) is 7.67. The van der Waals surface area contributed by atoms with Gasteiger partial charge < -0.3 is 19.7 Å². The van der Waals surface area contributed by atoms with Gasteiger partial charge in [-0.3, -0.25) is 9.59 Å². The molecule has 0 saturated carbocycles. The molecule has 1 heterocycles. The maximum absolute atomic E-state index is 12.7. The van der Waals surface area contributed by atoms with Gasteiger partial charge in [0.2, 0.25) is 11.8 Å². The third-order valence-electron chi connectivity index (χ3n) is 4.60. The first-order chi connectivity index (χ1) is 12.6. The lowest BCUT2D eigenvalue weighted by atomic mass is 9.97. The van der Waals surface area contributed by atoms with Crippen LogP contribution < -0.4 is 14.8 Å². The van der Waals surface area contributed by atoms with Gasteiger partial charge in [0, 0.05) is 24.2 Å². The molecule has 26 heavy (non-hydrogen) atoms. The molecular weight excluding hydrogens is 332 g/mol. The highest BCUT2D eigenvalue weighted by Gasteiger charge is 2.23. The molecule has 0 saturated heterocycles. The summed E-state index contributed by atoms with van der Waals surface area (Å²) in [6, 6.07) is 5.31. The number of fused-ring (bicyclic) bond motifs is 1. The van der Waals surface area contributed by atoms with Crippen LogP contribution in [0.15, 0.2) is 18.2 Å². The lowest BCUT2D eigenvalue weighted by Gasteiger charge is -2.25. The number of likely N-dealkylation sites (N-methyl/N-ethyl adjacent to an activating group) is 1. The van der Waals surface area contributed by atoms with Gasteiger partial charge in [-0.1, -0.05) is 26.7 Å². The fraction of sp³-hybridized carbons (Fsp3) is 0.600. The molecule has 6 heteroatoms. The zero-order valence-electron chi connectivity index (χ0n) is 16.0. The van der Waals surface area contributed by atoms with Crippen LogP contribution in [0.3, 0.4) is 0 Å². The Hall–Kier alpha value is -2.24. The molecule has 1 atom stereocenters. The topological polar surface area (TPSA) is 67.9 Å². The Balaban J connectivity index is 1.95. The number of amides is 2. The highest BCUT2D eigenvalue weighted by atomic mass is 16.6. The molecule has 1 aromatic carbocycles. The Labute approximate surface area is 155 Å². The number of rotatable bonds is 9. The summed E-state index contributed by atoms with van der Waals surface area (Å²) in [5, 5.41) is 2.84. The third-order valence-corrected chi connectivity index (χ3v) is 4.60. The molecule has 1 aliphatic rings. The smallest absolute Gasteiger partial charge is 0.243 e. The van der Waals surface area contributed by atoms with Crippen LogP contribution in [-0.4, -0.2) is 43.0 Å². The van der Waals surface area contributed by atoms with Crippen molar-refractivity contribution in [3.8, 4) is 11.5 Å². The van der Waals surface area contributed by atoms with E-state index in [1.165, 1.54) is 0 Å². The molecule has 144 valence electrons. The zero-order valence-corrected chi connectivity index (χ0v) is 16.0. The summed E-state index contributed by atoms with van der Waals surface area (Å²) in [5.74, 6) is 1.17. The number of carbonyl (C=O) groups is 2. The van der Waals surface area contributed by atoms with E-state index < -0.39 is 0 Å². The molecule has 1 aromatic rings. The lowest BCUT2D eigenvalue weighted by Crippen LogP contribution is -2.41. The summed E-state index contributed by atoms with van der Waals surface area (Å²) >= 11 is 0. The number of hydrogen-bond donors (Lipinski definition) is 1. The van der Waals surface area contributed by atoms with Gasteiger partial charge >= 0.3 is 0 Å². The summed E-state index contributed by atoms with van der Waals surface area (Å²) < 4.78 is 11.0. The number of ether oxygens (including phenoxy) is 2. The van der Waals surface area contributed by atoms with E-state index in [-0.39, 0.29) is 24.3 Å². The van der Waals surface area contributed by atoms with Crippen molar-refractivity contribution in [2.24, 2.45) is 5.92 Å². The van der Waals surface area contributed by atoms with E-state index in [1.54, 1.807) is 23.1 Å². The van der Waals surface area contributed by atoms with Crippen molar-refractivity contribution in [1.82, 2.24) is 4.90 Å². The second kappa shape index (κ2) is 10.0. The first-order valence-electron chi connectivity index (χ1n) is 9.57. The Bertz CT molecular complexity index is 618. The molecule has 2 rings (SSSR count). The molecular formula is C20H30N2O4. The van der Waals surface area contributed by atoms with Crippen LogP contribution in [0.25, 0.3) is 0 Å². The Morgan fingerprint density at radius 2 is 1.88 bits per heavy atom. The van der Waals surface area contributed by atoms with Gasteiger partial charge in [-0.2, -0.15) is 0 Å². The second-order valence-electron chi connectivity index (χ2n) is 6.51. The van der Waals surface area contributed by atoms with Crippen molar-refractivity contribution >= 4 is 17.5 Å². The number of nitrogens with zero attached hydrogens (tertiary/aromatic N) is 1. The number of nitrogens with one attached hydrogen (secondary N) is 1. The zero-order chi connectivity index (χ0) is 18.9. The molecule has 0 radical (unpaired) electrons. The van der Waals surface area contributed by atoms with Gasteiger partial charge in [-0.05, 0) is 31.9 Å². The molecule has 0 fully saturated rings. The summed E-state index contributed by atoms with van der Waals surface area (Å²) in [4.78, 5) is 26.7. The minimum atomic E-state index is -0.206. The normalized spacial score (nSPS) is 13.8. The van der Waals surface area contributed by atoms with Crippen molar-refractivity contribution in [2.45, 2.75) is 46.5 Å². The predicted molar refractivity (Wildman–Crippen MR) is 102 cm³/mol. The number of unbranched alkanes of at least 4 members (excludes halogenated alkanes) is 1. The van der Waals surface area contributed by atoms with Gasteiger partial charge in [0.15, 0.2) is 11.5 Å². The van der Waals surface area contributed by atoms with E-state index in [4.69, 9.17) is 9.47 Å². The average Bonchev–Trinajstić information content (AvgIpc) is 2.66. The predicted octanol–water partition coefficient (Wildman–Crippen LogP) is 3.46. The van der Waals surface area contributed by atoms with Crippen molar-refractivity contribution in [2.75, 3.05) is 31.6 Å². The fourth-order valence-electron chi connectivity index (χ4n) is 3.05. The number of benzene rings is 1. The first kappa shape index (κ1) is 20.1. The third kappa shape index (κ3) is 5.38. The molecule has 0 spiro atoms.